The third-order valence-electron chi connectivity index (χ3n) is 4.75. The summed E-state index contributed by atoms with van der Waals surface area (Å²) >= 11 is 3.65. The summed E-state index contributed by atoms with van der Waals surface area (Å²) in [6.45, 7) is 17.8. The molecule has 1 aliphatic heterocycles. The van der Waals surface area contributed by atoms with Gasteiger partial charge in [0.15, 0.2) is 0 Å². The van der Waals surface area contributed by atoms with Crippen molar-refractivity contribution >= 4 is 32.8 Å². The maximum Gasteiger partial charge on any atom is 0.262 e. The van der Waals surface area contributed by atoms with Crippen molar-refractivity contribution in [2.75, 3.05) is 18.0 Å². The van der Waals surface area contributed by atoms with Crippen LogP contribution in [0.4, 0.5) is 5.95 Å². The fourth-order valence-corrected chi connectivity index (χ4v) is 3.80. The van der Waals surface area contributed by atoms with Crippen LogP contribution in [0.5, 0.6) is 0 Å². The first-order valence-electron chi connectivity index (χ1n) is 10.5. The van der Waals surface area contributed by atoms with E-state index in [9.17, 15) is 4.79 Å². The second kappa shape index (κ2) is 11.3. The van der Waals surface area contributed by atoms with E-state index in [0.717, 1.165) is 35.7 Å². The number of nitrogens with zero attached hydrogens (tertiary/aromatic N) is 3. The summed E-state index contributed by atoms with van der Waals surface area (Å²) in [5.41, 5.74) is 5.57. The molecule has 0 saturated carbocycles. The summed E-state index contributed by atoms with van der Waals surface area (Å²) in [6.07, 6.45) is 4.20. The van der Waals surface area contributed by atoms with Crippen molar-refractivity contribution in [2.24, 2.45) is 7.05 Å². The topological polar surface area (TPSA) is 38.1 Å². The minimum atomic E-state index is 0.00948. The maximum atomic E-state index is 13.0. The SMILES string of the molecule is C/C=C\C1=C(C)CN(c2nc3c(C(C)Br)cc(C)cc3c(=O)n2C)C1.CC.CC. The van der Waals surface area contributed by atoms with E-state index >= 15 is 0 Å². The molecular formula is C24H36BrN3O. The monoisotopic (exact) mass is 461 g/mol. The Hall–Kier alpha value is -1.88. The number of fused-ring (bicyclic) bond motifs is 1. The zero-order valence-electron chi connectivity index (χ0n) is 19.4. The summed E-state index contributed by atoms with van der Waals surface area (Å²) in [5.74, 6) is 0.731. The lowest BCUT2D eigenvalue weighted by atomic mass is 10.0. The molecule has 1 atom stereocenters. The van der Waals surface area contributed by atoms with Crippen molar-refractivity contribution in [3.63, 3.8) is 0 Å². The maximum absolute atomic E-state index is 13.0. The number of hydrogen-bond donors (Lipinski definition) is 0. The third kappa shape index (κ3) is 5.39. The van der Waals surface area contributed by atoms with Gasteiger partial charge in [-0.1, -0.05) is 61.8 Å². The molecule has 2 heterocycles. The number of rotatable bonds is 3. The Morgan fingerprint density at radius 3 is 2.31 bits per heavy atom. The first-order chi connectivity index (χ1) is 13.8. The van der Waals surface area contributed by atoms with Crippen LogP contribution in [0.3, 0.4) is 0 Å². The largest absolute Gasteiger partial charge is 0.334 e. The lowest BCUT2D eigenvalue weighted by Gasteiger charge is -2.22. The van der Waals surface area contributed by atoms with Crippen LogP contribution in [0.25, 0.3) is 10.9 Å². The van der Waals surface area contributed by atoms with Gasteiger partial charge in [-0.2, -0.15) is 0 Å². The average Bonchev–Trinajstić information content (AvgIpc) is 3.08. The number of aromatic nitrogens is 2. The van der Waals surface area contributed by atoms with Crippen molar-refractivity contribution in [1.29, 1.82) is 0 Å². The van der Waals surface area contributed by atoms with E-state index in [1.165, 1.54) is 11.1 Å². The molecule has 0 amide bonds. The van der Waals surface area contributed by atoms with Gasteiger partial charge in [0.2, 0.25) is 5.95 Å². The zero-order chi connectivity index (χ0) is 22.3. The van der Waals surface area contributed by atoms with E-state index in [1.54, 1.807) is 4.57 Å². The lowest BCUT2D eigenvalue weighted by Crippen LogP contribution is -2.31. The first-order valence-corrected chi connectivity index (χ1v) is 11.5. The Morgan fingerprint density at radius 1 is 1.14 bits per heavy atom. The van der Waals surface area contributed by atoms with Gasteiger partial charge in [-0.25, -0.2) is 4.98 Å². The van der Waals surface area contributed by atoms with Crippen molar-refractivity contribution < 1.29 is 0 Å². The predicted molar refractivity (Wildman–Crippen MR) is 131 cm³/mol. The van der Waals surface area contributed by atoms with Crippen molar-refractivity contribution in [3.05, 3.63) is 56.9 Å². The molecule has 5 heteroatoms. The molecule has 0 fully saturated rings. The molecule has 0 bridgehead atoms. The van der Waals surface area contributed by atoms with Gasteiger partial charge in [0, 0.05) is 25.0 Å². The quantitative estimate of drug-likeness (QED) is 0.491. The molecule has 0 spiro atoms. The second-order valence-electron chi connectivity index (χ2n) is 6.80. The molecule has 1 aromatic heterocycles. The average molecular weight is 462 g/mol. The van der Waals surface area contributed by atoms with Gasteiger partial charge in [0.25, 0.3) is 5.56 Å². The van der Waals surface area contributed by atoms with Crippen LogP contribution in [0, 0.1) is 6.92 Å². The summed E-state index contributed by atoms with van der Waals surface area (Å²) < 4.78 is 1.68. The Labute approximate surface area is 184 Å². The Balaban J connectivity index is 0.000000989. The summed E-state index contributed by atoms with van der Waals surface area (Å²) in [6, 6.07) is 4.04. The molecule has 0 N–H and O–H groups in total. The van der Waals surface area contributed by atoms with E-state index in [1.807, 2.05) is 54.7 Å². The van der Waals surface area contributed by atoms with E-state index in [4.69, 9.17) is 4.98 Å². The Kier molecular flexibility index (Phi) is 9.84. The normalized spacial score (nSPS) is 14.6. The van der Waals surface area contributed by atoms with Crippen LogP contribution >= 0.6 is 15.9 Å². The lowest BCUT2D eigenvalue weighted by molar-refractivity contribution is 0.781. The fraction of sp³-hybridized carbons (Fsp3) is 0.500. The smallest absolute Gasteiger partial charge is 0.262 e. The van der Waals surface area contributed by atoms with E-state index in [-0.39, 0.29) is 10.4 Å². The van der Waals surface area contributed by atoms with Gasteiger partial charge >= 0.3 is 0 Å². The number of aryl methyl sites for hydroxylation is 1. The minimum absolute atomic E-state index is 0.00948. The molecule has 0 saturated heterocycles. The minimum Gasteiger partial charge on any atom is -0.334 e. The Bertz CT molecular complexity index is 955. The molecule has 3 rings (SSSR count). The highest BCUT2D eigenvalue weighted by Crippen LogP contribution is 2.30. The summed E-state index contributed by atoms with van der Waals surface area (Å²) in [4.78, 5) is 20.2. The van der Waals surface area contributed by atoms with Crippen molar-refractivity contribution in [1.82, 2.24) is 9.55 Å². The molecule has 1 unspecified atom stereocenters. The van der Waals surface area contributed by atoms with Crippen LogP contribution < -0.4 is 10.5 Å². The molecule has 160 valence electrons. The van der Waals surface area contributed by atoms with E-state index < -0.39 is 0 Å². The third-order valence-corrected chi connectivity index (χ3v) is 5.24. The van der Waals surface area contributed by atoms with Crippen molar-refractivity contribution in [2.45, 2.75) is 60.2 Å². The number of allylic oxidation sites excluding steroid dienone is 1. The highest BCUT2D eigenvalue weighted by molar-refractivity contribution is 9.09. The molecule has 4 nitrogen and oxygen atoms in total. The molecule has 0 aliphatic carbocycles. The molecule has 0 radical (unpaired) electrons. The second-order valence-corrected chi connectivity index (χ2v) is 8.18. The zero-order valence-corrected chi connectivity index (χ0v) is 21.0. The van der Waals surface area contributed by atoms with Crippen LogP contribution in [0.1, 0.15) is 64.4 Å². The van der Waals surface area contributed by atoms with Crippen molar-refractivity contribution in [3.8, 4) is 0 Å². The number of anilines is 1. The Morgan fingerprint density at radius 2 is 1.76 bits per heavy atom. The summed E-state index contributed by atoms with van der Waals surface area (Å²) in [7, 11) is 1.81. The number of hydrogen-bond acceptors (Lipinski definition) is 3. The van der Waals surface area contributed by atoms with Gasteiger partial charge in [0.05, 0.1) is 10.9 Å². The molecular weight excluding hydrogens is 426 g/mol. The standard InChI is InChI=1S/C20H24BrN3O.2C2H6/c1-6-7-15-11-24(10-13(15)3)20-22-18-16(14(4)21)8-12(2)9-17(18)19(25)23(20)5;2*1-2/h6-9,14H,10-11H2,1-5H3;2*1-2H3/b7-6-;;. The van der Waals surface area contributed by atoms with Gasteiger partial charge < -0.3 is 4.90 Å². The molecule has 1 aliphatic rings. The van der Waals surface area contributed by atoms with Gasteiger partial charge in [-0.3, -0.25) is 9.36 Å². The van der Waals surface area contributed by atoms with Gasteiger partial charge in [0.1, 0.15) is 0 Å². The predicted octanol–water partition coefficient (Wildman–Crippen LogP) is 6.46. The number of alkyl halides is 1. The van der Waals surface area contributed by atoms with Gasteiger partial charge in [-0.15, -0.1) is 0 Å². The number of halogens is 1. The molecule has 29 heavy (non-hydrogen) atoms. The van der Waals surface area contributed by atoms with E-state index in [0.29, 0.717) is 5.39 Å². The fourth-order valence-electron chi connectivity index (χ4n) is 3.45. The van der Waals surface area contributed by atoms with Gasteiger partial charge in [-0.05, 0) is 56.0 Å². The molecule has 1 aromatic carbocycles. The summed E-state index contributed by atoms with van der Waals surface area (Å²) in [5, 5.41) is 0.685. The highest BCUT2D eigenvalue weighted by Gasteiger charge is 2.23. The van der Waals surface area contributed by atoms with Crippen LogP contribution in [-0.2, 0) is 7.05 Å². The van der Waals surface area contributed by atoms with Crippen LogP contribution in [0.2, 0.25) is 0 Å². The van der Waals surface area contributed by atoms with Crippen LogP contribution in [-0.4, -0.2) is 22.6 Å². The van der Waals surface area contributed by atoms with Crippen LogP contribution in [0.15, 0.2) is 40.2 Å². The first kappa shape index (κ1) is 25.2. The number of benzene rings is 1. The highest BCUT2D eigenvalue weighted by atomic mass is 79.9. The molecule has 2 aromatic rings. The van der Waals surface area contributed by atoms with E-state index in [2.05, 4.69) is 52.9 Å².